The lowest BCUT2D eigenvalue weighted by molar-refractivity contribution is 0.282. The fourth-order valence-electron chi connectivity index (χ4n) is 2.22. The number of hydrogen-bond donors (Lipinski definition) is 3. The van der Waals surface area contributed by atoms with Crippen LogP contribution in [0.4, 0.5) is 5.69 Å². The minimum Gasteiger partial charge on any atom is -0.392 e. The standard InChI is InChI=1S/C15H21N3O/c1-11(4-2-6-16)18-14-9-12(10-19)8-13-5-3-7-17-15(13)14/h3,5,7-9,11,18-19H,2,4,6,10,16H2,1H3. The van der Waals surface area contributed by atoms with Crippen LogP contribution in [0.25, 0.3) is 10.9 Å². The van der Waals surface area contributed by atoms with Crippen molar-refractivity contribution < 1.29 is 5.11 Å². The molecule has 1 atom stereocenters. The molecule has 0 fully saturated rings. The first-order chi connectivity index (χ1) is 9.24. The second-order valence-electron chi connectivity index (χ2n) is 4.85. The first-order valence-electron chi connectivity index (χ1n) is 6.69. The van der Waals surface area contributed by atoms with Crippen molar-refractivity contribution >= 4 is 16.6 Å². The van der Waals surface area contributed by atoms with Gasteiger partial charge in [-0.2, -0.15) is 0 Å². The molecule has 1 heterocycles. The van der Waals surface area contributed by atoms with E-state index in [1.807, 2.05) is 24.3 Å². The van der Waals surface area contributed by atoms with E-state index in [-0.39, 0.29) is 6.61 Å². The summed E-state index contributed by atoms with van der Waals surface area (Å²) in [5.74, 6) is 0. The molecule has 1 aromatic carbocycles. The molecule has 4 nitrogen and oxygen atoms in total. The van der Waals surface area contributed by atoms with Gasteiger partial charge in [-0.05, 0) is 50.1 Å². The molecule has 0 aliphatic heterocycles. The van der Waals surface area contributed by atoms with Gasteiger partial charge in [0.15, 0.2) is 0 Å². The fraction of sp³-hybridized carbons (Fsp3) is 0.400. The van der Waals surface area contributed by atoms with Crippen LogP contribution < -0.4 is 11.1 Å². The van der Waals surface area contributed by atoms with E-state index >= 15 is 0 Å². The summed E-state index contributed by atoms with van der Waals surface area (Å²) in [7, 11) is 0. The van der Waals surface area contributed by atoms with Gasteiger partial charge in [0, 0.05) is 17.6 Å². The van der Waals surface area contributed by atoms with Crippen LogP contribution in [0, 0.1) is 0 Å². The number of nitrogens with one attached hydrogen (secondary N) is 1. The van der Waals surface area contributed by atoms with E-state index in [9.17, 15) is 5.11 Å². The van der Waals surface area contributed by atoms with E-state index < -0.39 is 0 Å². The Morgan fingerprint density at radius 1 is 1.42 bits per heavy atom. The number of nitrogens with two attached hydrogens (primary N) is 1. The number of anilines is 1. The zero-order valence-electron chi connectivity index (χ0n) is 11.3. The molecule has 0 aliphatic carbocycles. The van der Waals surface area contributed by atoms with Crippen molar-refractivity contribution in [1.82, 2.24) is 4.98 Å². The third kappa shape index (κ3) is 3.43. The zero-order valence-corrected chi connectivity index (χ0v) is 11.3. The van der Waals surface area contributed by atoms with Crippen molar-refractivity contribution in [2.24, 2.45) is 5.73 Å². The molecule has 19 heavy (non-hydrogen) atoms. The summed E-state index contributed by atoms with van der Waals surface area (Å²) in [5.41, 5.74) is 8.35. The van der Waals surface area contributed by atoms with Crippen LogP contribution in [0.3, 0.4) is 0 Å². The Morgan fingerprint density at radius 2 is 2.26 bits per heavy atom. The molecule has 4 heteroatoms. The van der Waals surface area contributed by atoms with E-state index in [0.717, 1.165) is 35.0 Å². The van der Waals surface area contributed by atoms with Crippen LogP contribution in [0.1, 0.15) is 25.3 Å². The van der Waals surface area contributed by atoms with Crippen molar-refractivity contribution in [3.05, 3.63) is 36.0 Å². The van der Waals surface area contributed by atoms with Crippen LogP contribution in [-0.4, -0.2) is 22.7 Å². The van der Waals surface area contributed by atoms with Gasteiger partial charge in [0.05, 0.1) is 17.8 Å². The maximum Gasteiger partial charge on any atom is 0.0933 e. The van der Waals surface area contributed by atoms with Crippen molar-refractivity contribution in [2.75, 3.05) is 11.9 Å². The summed E-state index contributed by atoms with van der Waals surface area (Å²) < 4.78 is 0. The minimum absolute atomic E-state index is 0.0384. The molecule has 0 radical (unpaired) electrons. The van der Waals surface area contributed by atoms with Gasteiger partial charge >= 0.3 is 0 Å². The van der Waals surface area contributed by atoms with Crippen molar-refractivity contribution in [2.45, 2.75) is 32.4 Å². The first kappa shape index (κ1) is 13.8. The molecule has 0 saturated carbocycles. The predicted molar refractivity (Wildman–Crippen MR) is 79.0 cm³/mol. The molecule has 1 aromatic heterocycles. The number of hydrogen-bond acceptors (Lipinski definition) is 4. The zero-order chi connectivity index (χ0) is 13.7. The highest BCUT2D eigenvalue weighted by Crippen LogP contribution is 2.24. The molecule has 2 rings (SSSR count). The maximum absolute atomic E-state index is 9.33. The van der Waals surface area contributed by atoms with E-state index in [4.69, 9.17) is 5.73 Å². The van der Waals surface area contributed by atoms with Crippen LogP contribution in [0.5, 0.6) is 0 Å². The Labute approximate surface area is 113 Å². The number of fused-ring (bicyclic) bond motifs is 1. The number of benzene rings is 1. The second kappa shape index (κ2) is 6.50. The van der Waals surface area contributed by atoms with Crippen molar-refractivity contribution in [1.29, 1.82) is 0 Å². The average Bonchev–Trinajstić information content (AvgIpc) is 2.44. The molecule has 1 unspecified atom stereocenters. The lowest BCUT2D eigenvalue weighted by Crippen LogP contribution is -2.17. The Bertz CT molecular complexity index is 542. The second-order valence-corrected chi connectivity index (χ2v) is 4.85. The van der Waals surface area contributed by atoms with Crippen LogP contribution in [0.15, 0.2) is 30.5 Å². The van der Waals surface area contributed by atoms with Gasteiger partial charge < -0.3 is 16.2 Å². The van der Waals surface area contributed by atoms with Gasteiger partial charge in [0.2, 0.25) is 0 Å². The van der Waals surface area contributed by atoms with Gasteiger partial charge in [-0.25, -0.2) is 0 Å². The summed E-state index contributed by atoms with van der Waals surface area (Å²) >= 11 is 0. The van der Waals surface area contributed by atoms with Crippen LogP contribution in [-0.2, 0) is 6.61 Å². The number of nitrogens with zero attached hydrogens (tertiary/aromatic N) is 1. The lowest BCUT2D eigenvalue weighted by Gasteiger charge is -2.17. The molecule has 4 N–H and O–H groups in total. The van der Waals surface area contributed by atoms with E-state index in [0.29, 0.717) is 12.6 Å². The number of aromatic nitrogens is 1. The number of pyridine rings is 1. The minimum atomic E-state index is 0.0384. The maximum atomic E-state index is 9.33. The lowest BCUT2D eigenvalue weighted by atomic mass is 10.1. The van der Waals surface area contributed by atoms with E-state index in [1.54, 1.807) is 6.20 Å². The van der Waals surface area contributed by atoms with E-state index in [1.165, 1.54) is 0 Å². The third-order valence-electron chi connectivity index (χ3n) is 3.19. The molecule has 0 bridgehead atoms. The van der Waals surface area contributed by atoms with E-state index in [2.05, 4.69) is 17.2 Å². The smallest absolute Gasteiger partial charge is 0.0933 e. The normalized spacial score (nSPS) is 12.6. The number of aliphatic hydroxyl groups is 1. The summed E-state index contributed by atoms with van der Waals surface area (Å²) in [6.45, 7) is 2.88. The Kier molecular flexibility index (Phi) is 4.71. The quantitative estimate of drug-likeness (QED) is 0.744. The molecular weight excluding hydrogens is 238 g/mol. The highest BCUT2D eigenvalue weighted by molar-refractivity contribution is 5.91. The highest BCUT2D eigenvalue weighted by atomic mass is 16.3. The Morgan fingerprint density at radius 3 is 3.00 bits per heavy atom. The van der Waals surface area contributed by atoms with Crippen molar-refractivity contribution in [3.63, 3.8) is 0 Å². The molecule has 0 saturated heterocycles. The van der Waals surface area contributed by atoms with Crippen molar-refractivity contribution in [3.8, 4) is 0 Å². The highest BCUT2D eigenvalue weighted by Gasteiger charge is 2.08. The molecular formula is C15H21N3O. The number of aliphatic hydroxyl groups excluding tert-OH is 1. The number of rotatable bonds is 6. The van der Waals surface area contributed by atoms with Gasteiger partial charge in [0.1, 0.15) is 0 Å². The summed E-state index contributed by atoms with van der Waals surface area (Å²) in [6.07, 6.45) is 3.81. The largest absolute Gasteiger partial charge is 0.392 e. The molecule has 0 aliphatic rings. The fourth-order valence-corrected chi connectivity index (χ4v) is 2.22. The average molecular weight is 259 g/mol. The first-order valence-corrected chi connectivity index (χ1v) is 6.69. The van der Waals surface area contributed by atoms with Gasteiger partial charge in [-0.1, -0.05) is 6.07 Å². The topological polar surface area (TPSA) is 71.2 Å². The summed E-state index contributed by atoms with van der Waals surface area (Å²) in [5, 5.41) is 13.8. The van der Waals surface area contributed by atoms with Crippen LogP contribution >= 0.6 is 0 Å². The van der Waals surface area contributed by atoms with Gasteiger partial charge in [0.25, 0.3) is 0 Å². The molecule has 102 valence electrons. The predicted octanol–water partition coefficient (Wildman–Crippen LogP) is 2.27. The van der Waals surface area contributed by atoms with Crippen LogP contribution in [0.2, 0.25) is 0 Å². The summed E-state index contributed by atoms with van der Waals surface area (Å²) in [6, 6.07) is 8.19. The molecule has 0 amide bonds. The third-order valence-corrected chi connectivity index (χ3v) is 3.19. The Hall–Kier alpha value is -1.65. The monoisotopic (exact) mass is 259 g/mol. The van der Waals surface area contributed by atoms with Gasteiger partial charge in [-0.3, -0.25) is 4.98 Å². The molecule has 0 spiro atoms. The summed E-state index contributed by atoms with van der Waals surface area (Å²) in [4.78, 5) is 4.42. The Balaban J connectivity index is 2.29. The molecule has 2 aromatic rings. The van der Waals surface area contributed by atoms with Gasteiger partial charge in [-0.15, -0.1) is 0 Å². The SMILES string of the molecule is CC(CCCN)Nc1cc(CO)cc2cccnc12.